The molecule has 1 amide bonds. The van der Waals surface area contributed by atoms with E-state index in [1.165, 1.54) is 76.2 Å². The van der Waals surface area contributed by atoms with Crippen LogP contribution >= 0.6 is 0 Å². The van der Waals surface area contributed by atoms with Gasteiger partial charge in [0.15, 0.2) is 17.5 Å². The van der Waals surface area contributed by atoms with E-state index in [4.69, 9.17) is 33.2 Å². The van der Waals surface area contributed by atoms with Crippen molar-refractivity contribution < 1.29 is 96.4 Å². The van der Waals surface area contributed by atoms with Gasteiger partial charge in [-0.2, -0.15) is 0 Å². The number of aliphatic carboxylic acids is 2. The number of amides is 1. The summed E-state index contributed by atoms with van der Waals surface area (Å²) >= 11 is 0. The molecule has 7 rings (SSSR count). The zero-order valence-corrected chi connectivity index (χ0v) is 42.5. The molecule has 3 fully saturated rings. The standard InChI is InChI=1S/C55H59NO20/c1-29-35(72-51(68)45(74-41(64)25-23-39(61)62)43(32-16-10-7-11-17-32)56-49(66)33-18-12-8-13-19-33)27-55(69)48(75-50(67)34-20-14-9-15-21-34)46-53(6,47(65)44(71-30(2)57)42(29)52(55,4)5)36(73-40(63)24-22-38(59)60)26-37-54(46,28-70-37)76-31(3)58/h7-21,35-37,43-46,48,69H,22-28H2,1-6H3,(H,56,66)(H,59,60)(H,61,62)/t35?,36-,37?,43?,44+,45+,46?,48?,53+,54?,55+/m0/s1. The lowest BCUT2D eigenvalue weighted by Gasteiger charge is -2.67. The van der Waals surface area contributed by atoms with Crippen LogP contribution in [0.2, 0.25) is 0 Å². The number of Topliss-reactive ketones (excluding diaryl/α,β-unsaturated/α-hetero) is 1. The number of nitrogens with one attached hydrogen (secondary N) is 1. The number of fused-ring (bicyclic) bond motifs is 5. The first-order valence-corrected chi connectivity index (χ1v) is 24.5. The third kappa shape index (κ3) is 10.8. The predicted molar refractivity (Wildman–Crippen MR) is 259 cm³/mol. The number of ether oxygens (including phenoxy) is 7. The van der Waals surface area contributed by atoms with Gasteiger partial charge in [0.1, 0.15) is 36.1 Å². The van der Waals surface area contributed by atoms with Gasteiger partial charge in [-0.15, -0.1) is 0 Å². The van der Waals surface area contributed by atoms with Gasteiger partial charge in [-0.1, -0.05) is 80.6 Å². The fraction of sp³-hybridized carbons (Fsp3) is 0.455. The molecule has 0 aromatic heterocycles. The molecule has 76 heavy (non-hydrogen) atoms. The number of rotatable bonds is 18. The Kier molecular flexibility index (Phi) is 16.3. The third-order valence-corrected chi connectivity index (χ3v) is 15.0. The number of benzene rings is 3. The molecule has 1 saturated heterocycles. The molecule has 2 saturated carbocycles. The topological polar surface area (TPSA) is 308 Å². The largest absolute Gasteiger partial charge is 0.481 e. The number of carbonyl (C=O) groups excluding carboxylic acids is 8. The summed E-state index contributed by atoms with van der Waals surface area (Å²) in [6.45, 7) is 7.28. The number of hydrogen-bond donors (Lipinski definition) is 4. The molecule has 3 aromatic carbocycles. The van der Waals surface area contributed by atoms with Crippen LogP contribution in [0.15, 0.2) is 102 Å². The molecule has 0 spiro atoms. The fourth-order valence-electron chi connectivity index (χ4n) is 11.3. The van der Waals surface area contributed by atoms with Gasteiger partial charge in [0.25, 0.3) is 5.91 Å². The second kappa shape index (κ2) is 22.2. The number of ketones is 1. The van der Waals surface area contributed by atoms with Gasteiger partial charge in [0.05, 0.1) is 49.2 Å². The molecule has 1 heterocycles. The summed E-state index contributed by atoms with van der Waals surface area (Å²) in [6.07, 6.45) is -14.6. The van der Waals surface area contributed by atoms with E-state index in [2.05, 4.69) is 5.32 Å². The van der Waals surface area contributed by atoms with Gasteiger partial charge in [0.2, 0.25) is 6.10 Å². The first-order valence-electron chi connectivity index (χ1n) is 24.5. The highest BCUT2D eigenvalue weighted by atomic mass is 16.6. The van der Waals surface area contributed by atoms with Crippen LogP contribution in [-0.4, -0.2) is 129 Å². The maximum Gasteiger partial charge on any atom is 0.350 e. The van der Waals surface area contributed by atoms with E-state index < -0.39 is 169 Å². The zero-order chi connectivity index (χ0) is 55.5. The van der Waals surface area contributed by atoms with Crippen LogP contribution in [0, 0.1) is 16.7 Å². The lowest BCUT2D eigenvalue weighted by Crippen LogP contribution is -2.82. The average molecular weight is 1050 g/mol. The van der Waals surface area contributed by atoms with Crippen molar-refractivity contribution in [3.8, 4) is 0 Å². The number of carboxylic acids is 2. The van der Waals surface area contributed by atoms with Gasteiger partial charge >= 0.3 is 47.8 Å². The molecule has 1 aliphatic heterocycles. The van der Waals surface area contributed by atoms with E-state index in [9.17, 15) is 53.7 Å². The van der Waals surface area contributed by atoms with Crippen LogP contribution in [0.1, 0.15) is 112 Å². The Morgan fingerprint density at radius 2 is 1.29 bits per heavy atom. The highest BCUT2D eigenvalue weighted by molar-refractivity contribution is 5.97. The summed E-state index contributed by atoms with van der Waals surface area (Å²) in [6, 6.07) is 21.6. The minimum absolute atomic E-state index is 0.00344. The van der Waals surface area contributed by atoms with E-state index in [1.807, 2.05) is 0 Å². The summed E-state index contributed by atoms with van der Waals surface area (Å²) in [5.41, 5.74) is -8.62. The molecule has 21 heteroatoms. The Morgan fingerprint density at radius 1 is 0.724 bits per heavy atom. The van der Waals surface area contributed by atoms with Gasteiger partial charge < -0.3 is 53.8 Å². The predicted octanol–water partition coefficient (Wildman–Crippen LogP) is 4.57. The molecule has 4 aliphatic rings. The highest BCUT2D eigenvalue weighted by Gasteiger charge is 2.79. The van der Waals surface area contributed by atoms with E-state index >= 15 is 9.59 Å². The van der Waals surface area contributed by atoms with Crippen molar-refractivity contribution in [3.05, 3.63) is 119 Å². The van der Waals surface area contributed by atoms with Gasteiger partial charge in [0, 0.05) is 37.7 Å². The quantitative estimate of drug-likeness (QED) is 0.0770. The minimum atomic E-state index is -2.63. The lowest BCUT2D eigenvalue weighted by molar-refractivity contribution is -0.346. The molecule has 6 unspecified atom stereocenters. The van der Waals surface area contributed by atoms with E-state index in [1.54, 1.807) is 42.5 Å². The molecule has 3 aromatic rings. The Hall–Kier alpha value is -7.78. The molecule has 2 bridgehead atoms. The van der Waals surface area contributed by atoms with Crippen LogP contribution in [0.25, 0.3) is 0 Å². The van der Waals surface area contributed by atoms with Crippen molar-refractivity contribution in [1.82, 2.24) is 5.32 Å². The van der Waals surface area contributed by atoms with Crippen molar-refractivity contribution in [2.24, 2.45) is 16.7 Å². The van der Waals surface area contributed by atoms with E-state index in [0.717, 1.165) is 13.8 Å². The van der Waals surface area contributed by atoms with Crippen molar-refractivity contribution in [2.45, 2.75) is 134 Å². The molecular weight excluding hydrogens is 995 g/mol. The summed E-state index contributed by atoms with van der Waals surface area (Å²) in [5.74, 6) is -12.8. The average Bonchev–Trinajstić information content (AvgIpc) is 3.37. The maximum atomic E-state index is 16.2. The van der Waals surface area contributed by atoms with E-state index in [0.29, 0.717) is 0 Å². The first kappa shape index (κ1) is 56.0. The first-order chi connectivity index (χ1) is 35.8. The number of aliphatic hydroxyl groups is 1. The third-order valence-electron chi connectivity index (χ3n) is 15.0. The molecular formula is C55H59NO20. The zero-order valence-electron chi connectivity index (χ0n) is 42.5. The summed E-state index contributed by atoms with van der Waals surface area (Å²) in [4.78, 5) is 137. The van der Waals surface area contributed by atoms with Gasteiger partial charge in [-0.3, -0.25) is 38.4 Å². The number of carbonyl (C=O) groups is 10. The van der Waals surface area contributed by atoms with Crippen molar-refractivity contribution in [1.29, 1.82) is 0 Å². The Bertz CT molecular complexity index is 2810. The lowest BCUT2D eigenvalue weighted by atomic mass is 9.44. The molecule has 404 valence electrons. The molecule has 4 N–H and O–H groups in total. The molecule has 11 atom stereocenters. The number of hydrogen-bond acceptors (Lipinski definition) is 18. The Labute approximate surface area is 436 Å². The number of esters is 6. The van der Waals surface area contributed by atoms with Gasteiger partial charge in [-0.05, 0) is 54.8 Å². The minimum Gasteiger partial charge on any atom is -0.481 e. The van der Waals surface area contributed by atoms with Crippen LogP contribution in [0.3, 0.4) is 0 Å². The SMILES string of the molecule is CC(=O)O[C@H]1C(=O)[C@@]2(C)C(C(OC(=O)c3ccccc3)[C@]3(O)CC(OC(=O)[C@H](OC(=O)CCC(=O)O)C(NC(=O)c4ccccc4)c4ccccc4)C(C)=C1C3(C)C)C1(OC(C)=O)COC1C[C@@H]2OC(=O)CCC(=O)O. The van der Waals surface area contributed by atoms with Crippen molar-refractivity contribution in [3.63, 3.8) is 0 Å². The van der Waals surface area contributed by atoms with E-state index in [-0.39, 0.29) is 34.3 Å². The van der Waals surface area contributed by atoms with Crippen molar-refractivity contribution in [2.75, 3.05) is 6.61 Å². The Morgan fingerprint density at radius 3 is 1.83 bits per heavy atom. The smallest absolute Gasteiger partial charge is 0.350 e. The second-order valence-electron chi connectivity index (χ2n) is 20.1. The highest BCUT2D eigenvalue weighted by Crippen LogP contribution is 2.65. The molecule has 0 radical (unpaired) electrons. The van der Waals surface area contributed by atoms with Gasteiger partial charge in [-0.25, -0.2) is 9.59 Å². The number of carboxylic acid groups (broad SMARTS) is 2. The van der Waals surface area contributed by atoms with Crippen LogP contribution in [-0.2, 0) is 71.5 Å². The summed E-state index contributed by atoms with van der Waals surface area (Å²) in [7, 11) is 0. The maximum absolute atomic E-state index is 16.2. The Balaban J connectivity index is 1.45. The second-order valence-corrected chi connectivity index (χ2v) is 20.1. The van der Waals surface area contributed by atoms with Crippen LogP contribution in [0.5, 0.6) is 0 Å². The van der Waals surface area contributed by atoms with Crippen LogP contribution < -0.4 is 5.32 Å². The monoisotopic (exact) mass is 1050 g/mol. The summed E-state index contributed by atoms with van der Waals surface area (Å²) < 4.78 is 42.7. The summed E-state index contributed by atoms with van der Waals surface area (Å²) in [5, 5.41) is 35.7. The fourth-order valence-corrected chi connectivity index (χ4v) is 11.3. The molecule has 21 nitrogen and oxygen atoms in total. The van der Waals surface area contributed by atoms with Crippen LogP contribution in [0.4, 0.5) is 0 Å². The van der Waals surface area contributed by atoms with Crippen molar-refractivity contribution >= 4 is 59.4 Å². The normalized spacial score (nSPS) is 27.9. The molecule has 3 aliphatic carbocycles.